The molecule has 0 bridgehead atoms. The molecule has 0 heterocycles. The van der Waals surface area contributed by atoms with Crippen LogP contribution in [0.1, 0.15) is 34.6 Å². The molecule has 2 rings (SSSR count). The number of nitrogens with zero attached hydrogens (tertiary/aromatic N) is 1. The van der Waals surface area contributed by atoms with E-state index in [2.05, 4.69) is 56.2 Å². The molecule has 0 aromatic carbocycles. The second-order valence-corrected chi connectivity index (χ2v) is 11.2. The normalized spacial score (nSPS) is 20.0. The molecule has 2 aliphatic carbocycles. The van der Waals surface area contributed by atoms with Gasteiger partial charge in [0.05, 0.1) is 5.91 Å². The standard InChI is InChI=1S/C18H26NOSi.2CH3.Ti/c1-12-13(2)16(15-11-9-8-10-14(12)15)21(6,7)19-17(20)18(3,4)5;;;/h8-11H,1-7H3,(H,19,20);2*1H3;/q;2*-1;+4/p-1. The molecule has 0 aliphatic heterocycles. The van der Waals surface area contributed by atoms with Crippen LogP contribution in [-0.4, -0.2) is 14.1 Å². The fourth-order valence-corrected chi connectivity index (χ4v) is 5.82. The maximum atomic E-state index is 12.4. The van der Waals surface area contributed by atoms with Crippen LogP contribution in [0.5, 0.6) is 0 Å². The quantitative estimate of drug-likeness (QED) is 0.453. The van der Waals surface area contributed by atoms with E-state index in [0.29, 0.717) is 0 Å². The second kappa shape index (κ2) is 9.00. The Morgan fingerprint density at radius 1 is 0.958 bits per heavy atom. The van der Waals surface area contributed by atoms with Crippen molar-refractivity contribution in [3.63, 3.8) is 0 Å². The van der Waals surface area contributed by atoms with Gasteiger partial charge in [-0.25, -0.2) is 0 Å². The third-order valence-electron chi connectivity index (χ3n) is 4.17. The molecular formula is C20H31NOSiTi+. The monoisotopic (exact) mass is 377 g/mol. The van der Waals surface area contributed by atoms with Crippen molar-refractivity contribution < 1.29 is 26.5 Å². The van der Waals surface area contributed by atoms with Gasteiger partial charge in [-0.2, -0.15) is 0 Å². The Morgan fingerprint density at radius 3 is 1.88 bits per heavy atom. The fraction of sp³-hybridized carbons (Fsp3) is 0.400. The van der Waals surface area contributed by atoms with Crippen LogP contribution in [0.3, 0.4) is 0 Å². The van der Waals surface area contributed by atoms with Crippen LogP contribution in [-0.2, 0) is 26.5 Å². The Kier molecular flexibility index (Phi) is 9.80. The molecule has 2 aliphatic rings. The maximum Gasteiger partial charge on any atom is 4.00 e. The third kappa shape index (κ3) is 4.95. The molecule has 24 heavy (non-hydrogen) atoms. The van der Waals surface area contributed by atoms with Crippen molar-refractivity contribution >= 4 is 14.1 Å². The average Bonchev–Trinajstić information content (AvgIpc) is 2.61. The van der Waals surface area contributed by atoms with Crippen LogP contribution in [0.15, 0.2) is 24.3 Å². The predicted molar refractivity (Wildman–Crippen MR) is 104 cm³/mol. The van der Waals surface area contributed by atoms with Crippen LogP contribution < -0.4 is 0 Å². The number of allylic oxidation sites excluding steroid dienone is 4. The van der Waals surface area contributed by atoms with Crippen LogP contribution >= 0.6 is 0 Å². The Morgan fingerprint density at radius 2 is 1.42 bits per heavy atom. The number of carbonyl (C=O) groups is 1. The summed E-state index contributed by atoms with van der Waals surface area (Å²) in [5.74, 6) is 5.21. The molecule has 0 aromatic heterocycles. The first-order chi connectivity index (χ1) is 9.55. The summed E-state index contributed by atoms with van der Waals surface area (Å²) in [7, 11) is -2.16. The molecule has 4 heteroatoms. The minimum atomic E-state index is -2.16. The molecule has 129 valence electrons. The zero-order chi connectivity index (χ0) is 16.0. The predicted octanol–water partition coefficient (Wildman–Crippen LogP) is 5.63. The van der Waals surface area contributed by atoms with E-state index in [1.807, 2.05) is 20.8 Å². The number of hydrogen-bond donors (Lipinski definition) is 0. The fourth-order valence-electron chi connectivity index (χ4n) is 2.89. The van der Waals surface area contributed by atoms with Crippen molar-refractivity contribution in [2.45, 2.75) is 47.7 Å². The molecule has 1 fully saturated rings. The first-order valence-corrected chi connectivity index (χ1v) is 10.4. The van der Waals surface area contributed by atoms with Gasteiger partial charge in [-0.1, -0.05) is 72.0 Å². The van der Waals surface area contributed by atoms with E-state index >= 15 is 0 Å². The second-order valence-electron chi connectivity index (χ2n) is 7.40. The van der Waals surface area contributed by atoms with Crippen LogP contribution in [0.2, 0.25) is 13.1 Å². The largest absolute Gasteiger partial charge is 4.00 e. The summed E-state index contributed by atoms with van der Waals surface area (Å²) in [6.45, 7) is 14.5. The Balaban J connectivity index is 0. The van der Waals surface area contributed by atoms with E-state index in [-0.39, 0.29) is 42.5 Å². The molecule has 1 saturated carbocycles. The molecular weight excluding hydrogens is 346 g/mol. The van der Waals surface area contributed by atoms with Crippen molar-refractivity contribution in [1.82, 2.24) is 0 Å². The summed E-state index contributed by atoms with van der Waals surface area (Å²) in [5.41, 5.74) is 0.906. The van der Waals surface area contributed by atoms with Gasteiger partial charge in [0.25, 0.3) is 0 Å². The van der Waals surface area contributed by atoms with Gasteiger partial charge in [-0.05, 0) is 25.6 Å². The number of carbonyl (C=O) groups excluding carboxylic acids is 1. The minimum Gasteiger partial charge on any atom is -0.655 e. The molecule has 0 spiro atoms. The molecule has 0 N–H and O–H groups in total. The van der Waals surface area contributed by atoms with Crippen molar-refractivity contribution in [3.8, 4) is 0 Å². The van der Waals surface area contributed by atoms with Gasteiger partial charge in [0, 0.05) is 17.3 Å². The molecule has 0 unspecified atom stereocenters. The van der Waals surface area contributed by atoms with Crippen LogP contribution in [0, 0.1) is 49.5 Å². The van der Waals surface area contributed by atoms with E-state index in [9.17, 15) is 4.79 Å². The SMILES string of the molecule is C[C]1[C](C)[C]([Si](C)(C)[N-]C(=O)C(C)(C)C)[C]2C=CC=C[C]12.[CH3-].[CH3-].[Ti+4]. The van der Waals surface area contributed by atoms with Crippen molar-refractivity contribution in [2.75, 3.05) is 0 Å². The maximum absolute atomic E-state index is 12.4. The zero-order valence-corrected chi connectivity index (χ0v) is 19.2. The number of rotatable bonds is 2. The van der Waals surface area contributed by atoms with Gasteiger partial charge in [-0.15, -0.1) is 0 Å². The van der Waals surface area contributed by atoms with Gasteiger partial charge in [-0.3, -0.25) is 0 Å². The van der Waals surface area contributed by atoms with Crippen LogP contribution in [0.25, 0.3) is 4.98 Å². The molecule has 2 nitrogen and oxygen atoms in total. The van der Waals surface area contributed by atoms with Gasteiger partial charge in [0.15, 0.2) is 0 Å². The summed E-state index contributed by atoms with van der Waals surface area (Å²) in [6.07, 6.45) is 8.47. The summed E-state index contributed by atoms with van der Waals surface area (Å²) in [6, 6.07) is 0. The first-order valence-electron chi connectivity index (χ1n) is 7.48. The zero-order valence-electron chi connectivity index (χ0n) is 16.7. The van der Waals surface area contributed by atoms with Gasteiger partial charge in [0.2, 0.25) is 0 Å². The molecule has 0 atom stereocenters. The van der Waals surface area contributed by atoms with Crippen LogP contribution in [0.4, 0.5) is 0 Å². The van der Waals surface area contributed by atoms with E-state index in [1.165, 1.54) is 29.2 Å². The van der Waals surface area contributed by atoms with Gasteiger partial charge in [0.1, 0.15) is 0 Å². The van der Waals surface area contributed by atoms with Crippen molar-refractivity contribution in [1.29, 1.82) is 0 Å². The smallest absolute Gasteiger partial charge is 0.655 e. The number of amides is 1. The molecule has 0 aromatic rings. The Labute approximate surface area is 166 Å². The number of hydrogen-bond acceptors (Lipinski definition) is 1. The van der Waals surface area contributed by atoms with Crippen molar-refractivity contribution in [2.24, 2.45) is 5.41 Å². The summed E-state index contributed by atoms with van der Waals surface area (Å²) in [5, 5.41) is 0. The van der Waals surface area contributed by atoms with Gasteiger partial charge < -0.3 is 24.6 Å². The summed E-state index contributed by atoms with van der Waals surface area (Å²) >= 11 is 0. The molecule has 1 amide bonds. The summed E-state index contributed by atoms with van der Waals surface area (Å²) < 4.78 is 0. The minimum absolute atomic E-state index is 0. The number of fused-ring (bicyclic) bond motifs is 1. The topological polar surface area (TPSA) is 31.2 Å². The first kappa shape index (κ1) is 26.1. The van der Waals surface area contributed by atoms with Gasteiger partial charge >= 0.3 is 21.7 Å². The van der Waals surface area contributed by atoms with E-state index < -0.39 is 13.7 Å². The Bertz CT molecular complexity index is 479. The van der Waals surface area contributed by atoms with E-state index in [0.717, 1.165) is 0 Å². The Hall–Kier alpha value is -0.119. The summed E-state index contributed by atoms with van der Waals surface area (Å²) in [4.78, 5) is 17.1. The average molecular weight is 377 g/mol. The molecule has 5 radical (unpaired) electrons. The molecule has 0 saturated heterocycles. The van der Waals surface area contributed by atoms with E-state index in [1.54, 1.807) is 0 Å². The van der Waals surface area contributed by atoms with Crippen molar-refractivity contribution in [3.05, 3.63) is 73.4 Å². The van der Waals surface area contributed by atoms with E-state index in [4.69, 9.17) is 0 Å². The third-order valence-corrected chi connectivity index (χ3v) is 6.80.